The molecule has 0 saturated carbocycles. The fourth-order valence-electron chi connectivity index (χ4n) is 6.77. The van der Waals surface area contributed by atoms with Gasteiger partial charge in [-0.2, -0.15) is 0 Å². The number of fused-ring (bicyclic) bond motifs is 7. The van der Waals surface area contributed by atoms with Gasteiger partial charge < -0.3 is 8.98 Å². The Bertz CT molecular complexity index is 2520. The molecule has 9 aromatic rings. The smallest absolute Gasteiger partial charge is 0.143 e. The number of benzene rings is 7. The molecule has 0 bridgehead atoms. The fourth-order valence-corrected chi connectivity index (χ4v) is 6.77. The number of para-hydroxylation sites is 1. The van der Waals surface area contributed by atoms with Gasteiger partial charge in [0.05, 0.1) is 11.0 Å². The van der Waals surface area contributed by atoms with Gasteiger partial charge in [-0.05, 0) is 62.7 Å². The Morgan fingerprint density at radius 2 is 1.12 bits per heavy atom. The van der Waals surface area contributed by atoms with Gasteiger partial charge in [-0.25, -0.2) is 4.98 Å². The predicted octanol–water partition coefficient (Wildman–Crippen LogP) is 10.8. The number of rotatable bonds is 3. The topological polar surface area (TPSA) is 31.0 Å². The highest BCUT2D eigenvalue weighted by Crippen LogP contribution is 2.43. The molecule has 202 valence electrons. The summed E-state index contributed by atoms with van der Waals surface area (Å²) in [5.41, 5.74) is 9.89. The van der Waals surface area contributed by atoms with E-state index in [0.717, 1.165) is 55.3 Å². The second-order valence-electron chi connectivity index (χ2n) is 11.2. The van der Waals surface area contributed by atoms with Crippen LogP contribution in [-0.2, 0) is 7.05 Å². The highest BCUT2D eigenvalue weighted by Gasteiger charge is 2.18. The lowest BCUT2D eigenvalue weighted by Crippen LogP contribution is -1.92. The Balaban J connectivity index is 1.26. The molecule has 0 atom stereocenters. The first kappa shape index (κ1) is 24.0. The van der Waals surface area contributed by atoms with Crippen LogP contribution >= 0.6 is 0 Å². The SMILES string of the molecule is Cn1c(-c2ccccc2)nc2cc(-c3ccc(-c4cc5c6ccccc6oc5c5ccccc45)c4ccccc34)ccc21. The summed E-state index contributed by atoms with van der Waals surface area (Å²) in [4.78, 5) is 5.05. The third-order valence-electron chi connectivity index (χ3n) is 8.82. The van der Waals surface area contributed by atoms with E-state index in [0.29, 0.717) is 0 Å². The average Bonchev–Trinajstić information content (AvgIpc) is 3.61. The molecular formula is C40H26N2O. The van der Waals surface area contributed by atoms with Crippen LogP contribution in [0.15, 0.2) is 144 Å². The van der Waals surface area contributed by atoms with Crippen molar-refractivity contribution in [3.8, 4) is 33.6 Å². The molecule has 0 radical (unpaired) electrons. The van der Waals surface area contributed by atoms with E-state index >= 15 is 0 Å². The molecular weight excluding hydrogens is 524 g/mol. The van der Waals surface area contributed by atoms with Gasteiger partial charge >= 0.3 is 0 Å². The molecule has 0 aliphatic carbocycles. The molecule has 9 rings (SSSR count). The van der Waals surface area contributed by atoms with Gasteiger partial charge in [0, 0.05) is 28.8 Å². The standard InChI is InChI=1S/C40H26N2O/c1-42-37-22-19-26(23-36(37)41-40(42)25-11-3-2-4-12-25)27-20-21-31(29-14-6-5-13-28(27)29)34-24-35-32-16-9-10-18-38(32)43-39(35)33-17-8-7-15-30(33)34/h2-24H,1H3. The lowest BCUT2D eigenvalue weighted by Gasteiger charge is -2.14. The van der Waals surface area contributed by atoms with Crippen molar-refractivity contribution in [2.45, 2.75) is 0 Å². The first-order chi connectivity index (χ1) is 21.2. The van der Waals surface area contributed by atoms with E-state index in [4.69, 9.17) is 9.40 Å². The summed E-state index contributed by atoms with van der Waals surface area (Å²) in [6, 6.07) is 49.5. The molecule has 7 aromatic carbocycles. The Kier molecular flexibility index (Phi) is 5.11. The molecule has 3 nitrogen and oxygen atoms in total. The summed E-state index contributed by atoms with van der Waals surface area (Å²) in [5, 5.41) is 7.06. The summed E-state index contributed by atoms with van der Waals surface area (Å²) in [6.07, 6.45) is 0. The van der Waals surface area contributed by atoms with Crippen molar-refractivity contribution >= 4 is 54.5 Å². The molecule has 3 heteroatoms. The first-order valence-corrected chi connectivity index (χ1v) is 14.6. The van der Waals surface area contributed by atoms with Gasteiger partial charge in [0.15, 0.2) is 0 Å². The highest BCUT2D eigenvalue weighted by molar-refractivity contribution is 6.21. The maximum absolute atomic E-state index is 6.39. The molecule has 2 aromatic heterocycles. The average molecular weight is 551 g/mol. The van der Waals surface area contributed by atoms with Gasteiger partial charge in [-0.15, -0.1) is 0 Å². The number of aromatic nitrogens is 2. The molecule has 0 fully saturated rings. The summed E-state index contributed by atoms with van der Waals surface area (Å²) in [6.45, 7) is 0. The van der Waals surface area contributed by atoms with Gasteiger partial charge in [-0.1, -0.05) is 115 Å². The minimum Gasteiger partial charge on any atom is -0.455 e. The fraction of sp³-hybridized carbons (Fsp3) is 0.0250. The Morgan fingerprint density at radius 3 is 1.91 bits per heavy atom. The molecule has 0 amide bonds. The summed E-state index contributed by atoms with van der Waals surface area (Å²) in [7, 11) is 2.09. The summed E-state index contributed by atoms with van der Waals surface area (Å²) >= 11 is 0. The van der Waals surface area contributed by atoms with Crippen molar-refractivity contribution in [3.63, 3.8) is 0 Å². The van der Waals surface area contributed by atoms with Crippen molar-refractivity contribution in [2.24, 2.45) is 7.05 Å². The number of hydrogen-bond acceptors (Lipinski definition) is 2. The molecule has 2 heterocycles. The number of imidazole rings is 1. The molecule has 0 aliphatic rings. The zero-order valence-electron chi connectivity index (χ0n) is 23.6. The first-order valence-electron chi connectivity index (χ1n) is 14.6. The Labute approximate surface area is 248 Å². The van der Waals surface area contributed by atoms with Crippen molar-refractivity contribution in [3.05, 3.63) is 140 Å². The molecule has 0 saturated heterocycles. The molecule has 0 N–H and O–H groups in total. The molecule has 0 spiro atoms. The lowest BCUT2D eigenvalue weighted by molar-refractivity contribution is 0.672. The monoisotopic (exact) mass is 550 g/mol. The van der Waals surface area contributed by atoms with Crippen LogP contribution in [0.25, 0.3) is 88.2 Å². The molecule has 43 heavy (non-hydrogen) atoms. The van der Waals surface area contributed by atoms with Crippen molar-refractivity contribution in [1.29, 1.82) is 0 Å². The van der Waals surface area contributed by atoms with Gasteiger partial charge in [-0.3, -0.25) is 0 Å². The van der Waals surface area contributed by atoms with Gasteiger partial charge in [0.1, 0.15) is 17.0 Å². The quantitative estimate of drug-likeness (QED) is 0.219. The minimum absolute atomic E-state index is 0.917. The van der Waals surface area contributed by atoms with E-state index in [9.17, 15) is 0 Å². The minimum atomic E-state index is 0.917. The van der Waals surface area contributed by atoms with Crippen LogP contribution < -0.4 is 0 Å². The van der Waals surface area contributed by atoms with Crippen LogP contribution in [0.3, 0.4) is 0 Å². The van der Waals surface area contributed by atoms with Gasteiger partial charge in [0.2, 0.25) is 0 Å². The third-order valence-corrected chi connectivity index (χ3v) is 8.82. The van der Waals surface area contributed by atoms with E-state index < -0.39 is 0 Å². The van der Waals surface area contributed by atoms with Crippen LogP contribution in [0.1, 0.15) is 0 Å². The second kappa shape index (κ2) is 9.17. The lowest BCUT2D eigenvalue weighted by atomic mass is 9.89. The van der Waals surface area contributed by atoms with Crippen LogP contribution in [0, 0.1) is 0 Å². The van der Waals surface area contributed by atoms with Crippen molar-refractivity contribution in [2.75, 3.05) is 0 Å². The zero-order valence-corrected chi connectivity index (χ0v) is 23.6. The van der Waals surface area contributed by atoms with Gasteiger partial charge in [0.25, 0.3) is 0 Å². The van der Waals surface area contributed by atoms with Crippen molar-refractivity contribution in [1.82, 2.24) is 9.55 Å². The molecule has 0 unspecified atom stereocenters. The normalized spacial score (nSPS) is 11.8. The van der Waals surface area contributed by atoms with Crippen LogP contribution in [0.5, 0.6) is 0 Å². The highest BCUT2D eigenvalue weighted by atomic mass is 16.3. The van der Waals surface area contributed by atoms with E-state index in [-0.39, 0.29) is 0 Å². The van der Waals surface area contributed by atoms with Crippen LogP contribution in [0.2, 0.25) is 0 Å². The Hall–Kier alpha value is -5.67. The van der Waals surface area contributed by atoms with Crippen LogP contribution in [0.4, 0.5) is 0 Å². The summed E-state index contributed by atoms with van der Waals surface area (Å²) < 4.78 is 8.56. The number of aryl methyl sites for hydroxylation is 1. The van der Waals surface area contributed by atoms with E-state index in [1.165, 1.54) is 32.8 Å². The maximum Gasteiger partial charge on any atom is 0.143 e. The van der Waals surface area contributed by atoms with Crippen LogP contribution in [-0.4, -0.2) is 9.55 Å². The predicted molar refractivity (Wildman–Crippen MR) is 179 cm³/mol. The van der Waals surface area contributed by atoms with E-state index in [1.807, 2.05) is 12.1 Å². The maximum atomic E-state index is 6.39. The van der Waals surface area contributed by atoms with E-state index in [2.05, 4.69) is 139 Å². The largest absolute Gasteiger partial charge is 0.455 e. The zero-order chi connectivity index (χ0) is 28.5. The third kappa shape index (κ3) is 3.58. The number of furan rings is 1. The summed E-state index contributed by atoms with van der Waals surface area (Å²) in [5.74, 6) is 0.974. The Morgan fingerprint density at radius 1 is 0.488 bits per heavy atom. The van der Waals surface area contributed by atoms with E-state index in [1.54, 1.807) is 0 Å². The number of nitrogens with zero attached hydrogens (tertiary/aromatic N) is 2. The molecule has 0 aliphatic heterocycles. The van der Waals surface area contributed by atoms with Crippen molar-refractivity contribution < 1.29 is 4.42 Å². The number of hydrogen-bond donors (Lipinski definition) is 0. The second-order valence-corrected chi connectivity index (χ2v) is 11.2.